The molecule has 1 fully saturated rings. The van der Waals surface area contributed by atoms with Crippen LogP contribution in [-0.2, 0) is 13.0 Å². The van der Waals surface area contributed by atoms with E-state index in [4.69, 9.17) is 4.98 Å². The van der Waals surface area contributed by atoms with Crippen molar-refractivity contribution < 1.29 is 4.79 Å². The number of amides is 1. The summed E-state index contributed by atoms with van der Waals surface area (Å²) in [5, 5.41) is 3.54. The highest BCUT2D eigenvalue weighted by molar-refractivity contribution is 5.94. The quantitative estimate of drug-likeness (QED) is 0.595. The molecule has 158 valence electrons. The van der Waals surface area contributed by atoms with Crippen molar-refractivity contribution in [3.05, 3.63) is 71.2 Å². The molecule has 3 aromatic rings. The van der Waals surface area contributed by atoms with Crippen molar-refractivity contribution >= 4 is 11.6 Å². The number of carbonyl (C=O) groups is 1. The molecule has 0 aliphatic carbocycles. The van der Waals surface area contributed by atoms with Gasteiger partial charge >= 0.3 is 0 Å². The molecule has 5 nitrogen and oxygen atoms in total. The topological polar surface area (TPSA) is 49.6 Å². The van der Waals surface area contributed by atoms with E-state index in [0.29, 0.717) is 12.2 Å². The summed E-state index contributed by atoms with van der Waals surface area (Å²) in [4.78, 5) is 20.1. The third-order valence-electron chi connectivity index (χ3n) is 5.93. The number of nitrogens with one attached hydrogen (secondary N) is 1. The Balaban J connectivity index is 1.47. The molecule has 3 heterocycles. The molecule has 1 aliphatic heterocycles. The van der Waals surface area contributed by atoms with E-state index in [1.54, 1.807) is 0 Å². The Morgan fingerprint density at radius 3 is 2.60 bits per heavy atom. The molecule has 5 heteroatoms. The molecule has 1 aliphatic rings. The number of rotatable bonds is 7. The van der Waals surface area contributed by atoms with Crippen molar-refractivity contribution in [3.63, 3.8) is 0 Å². The molecule has 0 radical (unpaired) electrons. The number of likely N-dealkylation sites (tertiary alicyclic amines) is 1. The lowest BCUT2D eigenvalue weighted by molar-refractivity contribution is 0.0755. The van der Waals surface area contributed by atoms with E-state index in [0.717, 1.165) is 62.2 Å². The van der Waals surface area contributed by atoms with Crippen LogP contribution < -0.4 is 5.32 Å². The maximum absolute atomic E-state index is 13.3. The van der Waals surface area contributed by atoms with Crippen LogP contribution in [0.2, 0.25) is 0 Å². The largest absolute Gasteiger partial charge is 0.337 e. The highest BCUT2D eigenvalue weighted by Crippen LogP contribution is 2.19. The van der Waals surface area contributed by atoms with Crippen LogP contribution in [0.3, 0.4) is 0 Å². The number of imidazole rings is 1. The first-order chi connectivity index (χ1) is 14.7. The number of benzene rings is 1. The number of nitrogens with zero attached hydrogens (tertiary/aromatic N) is 3. The lowest BCUT2D eigenvalue weighted by Gasteiger charge is -2.20. The van der Waals surface area contributed by atoms with E-state index in [1.807, 2.05) is 11.1 Å². The molecule has 1 amide bonds. The van der Waals surface area contributed by atoms with E-state index in [9.17, 15) is 4.79 Å². The summed E-state index contributed by atoms with van der Waals surface area (Å²) < 4.78 is 2.07. The molecule has 1 N–H and O–H groups in total. The average molecular weight is 405 g/mol. The summed E-state index contributed by atoms with van der Waals surface area (Å²) in [6.07, 6.45) is 8.76. The lowest BCUT2D eigenvalue weighted by Crippen LogP contribution is -2.33. The fourth-order valence-corrected chi connectivity index (χ4v) is 4.23. The van der Waals surface area contributed by atoms with Gasteiger partial charge in [0, 0.05) is 25.8 Å². The van der Waals surface area contributed by atoms with E-state index >= 15 is 0 Å². The number of carbonyl (C=O) groups excluding carboxylic acids is 1. The molecule has 0 bridgehead atoms. The van der Waals surface area contributed by atoms with Crippen molar-refractivity contribution in [2.75, 3.05) is 19.6 Å². The van der Waals surface area contributed by atoms with Gasteiger partial charge < -0.3 is 14.6 Å². The molecule has 0 unspecified atom stereocenters. The fraction of sp³-hybridized carbons (Fsp3) is 0.440. The zero-order valence-corrected chi connectivity index (χ0v) is 17.9. The van der Waals surface area contributed by atoms with Crippen LogP contribution in [0.1, 0.15) is 59.4 Å². The van der Waals surface area contributed by atoms with E-state index in [1.165, 1.54) is 18.4 Å². The van der Waals surface area contributed by atoms with Gasteiger partial charge in [0.2, 0.25) is 0 Å². The van der Waals surface area contributed by atoms with Crippen LogP contribution >= 0.6 is 0 Å². The first kappa shape index (κ1) is 20.6. The molecular weight excluding hydrogens is 372 g/mol. The molecule has 2 aromatic heterocycles. The minimum absolute atomic E-state index is 0.0827. The van der Waals surface area contributed by atoms with Crippen molar-refractivity contribution in [2.45, 2.75) is 52.0 Å². The molecule has 0 spiro atoms. The van der Waals surface area contributed by atoms with Gasteiger partial charge in [-0.25, -0.2) is 4.98 Å². The van der Waals surface area contributed by atoms with Crippen LogP contribution in [0.5, 0.6) is 0 Å². The van der Waals surface area contributed by atoms with Gasteiger partial charge in [0.1, 0.15) is 5.65 Å². The second-order valence-corrected chi connectivity index (χ2v) is 8.31. The summed E-state index contributed by atoms with van der Waals surface area (Å²) in [7, 11) is 0. The van der Waals surface area contributed by atoms with Crippen molar-refractivity contribution in [2.24, 2.45) is 0 Å². The van der Waals surface area contributed by atoms with Crippen LogP contribution in [0, 0.1) is 6.92 Å². The van der Waals surface area contributed by atoms with Crippen LogP contribution in [0.4, 0.5) is 0 Å². The van der Waals surface area contributed by atoms with Crippen molar-refractivity contribution in [1.82, 2.24) is 19.6 Å². The first-order valence-corrected chi connectivity index (χ1v) is 11.2. The van der Waals surface area contributed by atoms with E-state index in [-0.39, 0.29) is 5.91 Å². The molecule has 30 heavy (non-hydrogen) atoms. The van der Waals surface area contributed by atoms with Gasteiger partial charge in [-0.05, 0) is 62.4 Å². The number of aromatic nitrogens is 2. The Morgan fingerprint density at radius 2 is 1.83 bits per heavy atom. The predicted molar refractivity (Wildman–Crippen MR) is 121 cm³/mol. The normalized spacial score (nSPS) is 14.8. The minimum atomic E-state index is 0.0827. The Labute approximate surface area is 179 Å². The maximum Gasteiger partial charge on any atom is 0.274 e. The van der Waals surface area contributed by atoms with Crippen molar-refractivity contribution in [1.29, 1.82) is 0 Å². The lowest BCUT2D eigenvalue weighted by atomic mass is 10.1. The summed E-state index contributed by atoms with van der Waals surface area (Å²) in [5.74, 6) is 0.0827. The third kappa shape index (κ3) is 4.90. The number of pyridine rings is 1. The second kappa shape index (κ2) is 9.90. The third-order valence-corrected chi connectivity index (χ3v) is 5.93. The van der Waals surface area contributed by atoms with Crippen LogP contribution in [-0.4, -0.2) is 39.8 Å². The van der Waals surface area contributed by atoms with Gasteiger partial charge in [0.05, 0.1) is 5.69 Å². The number of aryl methyl sites for hydroxylation is 2. The van der Waals surface area contributed by atoms with Gasteiger partial charge in [0.25, 0.3) is 5.91 Å². The fourth-order valence-electron chi connectivity index (χ4n) is 4.23. The van der Waals surface area contributed by atoms with Crippen LogP contribution in [0.25, 0.3) is 5.65 Å². The number of hydrogen-bond acceptors (Lipinski definition) is 3. The molecule has 4 rings (SSSR count). The molecule has 0 saturated carbocycles. The minimum Gasteiger partial charge on any atom is -0.337 e. The smallest absolute Gasteiger partial charge is 0.274 e. The monoisotopic (exact) mass is 404 g/mol. The standard InChI is InChI=1S/C25H32N4O/c1-20-13-17-29-22(19-26-14-9-12-21-10-5-4-6-11-21)24(27-23(29)18-20)25(30)28-15-7-2-3-8-16-28/h4-6,10-11,13,17-18,26H,2-3,7-9,12,14-16,19H2,1H3. The first-order valence-electron chi connectivity index (χ1n) is 11.2. The molecule has 1 aromatic carbocycles. The van der Waals surface area contributed by atoms with E-state index < -0.39 is 0 Å². The number of hydrogen-bond donors (Lipinski definition) is 1. The van der Waals surface area contributed by atoms with E-state index in [2.05, 4.69) is 59.1 Å². The highest BCUT2D eigenvalue weighted by atomic mass is 16.2. The van der Waals surface area contributed by atoms with Crippen molar-refractivity contribution in [3.8, 4) is 0 Å². The van der Waals surface area contributed by atoms with Gasteiger partial charge in [-0.15, -0.1) is 0 Å². The second-order valence-electron chi connectivity index (χ2n) is 8.31. The summed E-state index contributed by atoms with van der Waals surface area (Å²) in [6.45, 7) is 5.30. The van der Waals surface area contributed by atoms with Gasteiger partial charge in [0.15, 0.2) is 5.69 Å². The highest BCUT2D eigenvalue weighted by Gasteiger charge is 2.24. The predicted octanol–water partition coefficient (Wildman–Crippen LogP) is 4.38. The molecular formula is C25H32N4O. The van der Waals surface area contributed by atoms with Gasteiger partial charge in [-0.1, -0.05) is 43.2 Å². The summed E-state index contributed by atoms with van der Waals surface area (Å²) in [5.41, 5.74) is 4.96. The summed E-state index contributed by atoms with van der Waals surface area (Å²) >= 11 is 0. The maximum atomic E-state index is 13.3. The Bertz CT molecular complexity index is 971. The molecule has 1 saturated heterocycles. The Hall–Kier alpha value is -2.66. The van der Waals surface area contributed by atoms with Gasteiger partial charge in [-0.3, -0.25) is 4.79 Å². The zero-order chi connectivity index (χ0) is 20.8. The summed E-state index contributed by atoms with van der Waals surface area (Å²) in [6, 6.07) is 14.7. The van der Waals surface area contributed by atoms with Gasteiger partial charge in [-0.2, -0.15) is 0 Å². The number of fused-ring (bicyclic) bond motifs is 1. The zero-order valence-electron chi connectivity index (χ0n) is 17.9. The average Bonchev–Trinajstić information content (AvgIpc) is 2.92. The van der Waals surface area contributed by atoms with Crippen LogP contribution in [0.15, 0.2) is 48.7 Å². The Kier molecular flexibility index (Phi) is 6.80. The Morgan fingerprint density at radius 1 is 1.07 bits per heavy atom. The molecule has 0 atom stereocenters. The SMILES string of the molecule is Cc1ccn2c(CNCCCc3ccccc3)c(C(=O)N3CCCCCC3)nc2c1.